The summed E-state index contributed by atoms with van der Waals surface area (Å²) < 4.78 is 63.0. The normalized spacial score (nSPS) is 18.1. The van der Waals surface area contributed by atoms with Crippen molar-refractivity contribution in [1.82, 2.24) is 30.0 Å². The quantitative estimate of drug-likeness (QED) is 0.433. The minimum absolute atomic E-state index is 0.00533. The molecule has 1 N–H and O–H groups in total. The van der Waals surface area contributed by atoms with Gasteiger partial charge >= 0.3 is 12.2 Å². The summed E-state index contributed by atoms with van der Waals surface area (Å²) in [5.41, 5.74) is -1.68. The number of hydrogen-bond donors (Lipinski definition) is 1. The summed E-state index contributed by atoms with van der Waals surface area (Å²) in [6.07, 6.45) is 3.42. The average Bonchev–Trinajstić information content (AvgIpc) is 3.52. The highest BCUT2D eigenvalue weighted by atomic mass is 19.4. The van der Waals surface area contributed by atoms with Crippen LogP contribution in [-0.2, 0) is 6.18 Å². The van der Waals surface area contributed by atoms with E-state index in [0.717, 1.165) is 44.8 Å². The van der Waals surface area contributed by atoms with Crippen LogP contribution in [0.1, 0.15) is 31.2 Å². The Morgan fingerprint density at radius 1 is 1.06 bits per heavy atom. The third-order valence-corrected chi connectivity index (χ3v) is 6.99. The van der Waals surface area contributed by atoms with Crippen molar-refractivity contribution in [2.24, 2.45) is 0 Å². The van der Waals surface area contributed by atoms with E-state index >= 15 is 4.39 Å². The van der Waals surface area contributed by atoms with Crippen LogP contribution in [0.3, 0.4) is 0 Å². The average molecular weight is 472 g/mol. The van der Waals surface area contributed by atoms with Crippen molar-refractivity contribution in [3.05, 3.63) is 42.1 Å². The van der Waals surface area contributed by atoms with E-state index in [0.29, 0.717) is 12.1 Å². The van der Waals surface area contributed by atoms with Crippen LogP contribution in [0.2, 0.25) is 0 Å². The minimum atomic E-state index is -4.71. The van der Waals surface area contributed by atoms with Crippen molar-refractivity contribution >= 4 is 21.8 Å². The highest BCUT2D eigenvalue weighted by Gasteiger charge is 2.45. The lowest BCUT2D eigenvalue weighted by Gasteiger charge is -2.31. The molecule has 0 aliphatic carbocycles. The Morgan fingerprint density at radius 3 is 2.59 bits per heavy atom. The SMILES string of the molecule is Fc1c(-c2c(C(F)(F)F)ccc3[nH]ncc23)ncc2cnc(OCC34CCCN3CCC4)nc12. The van der Waals surface area contributed by atoms with Gasteiger partial charge in [0.1, 0.15) is 17.8 Å². The maximum Gasteiger partial charge on any atom is 0.417 e. The highest BCUT2D eigenvalue weighted by Crippen LogP contribution is 2.42. The number of rotatable bonds is 4. The molecule has 0 atom stereocenters. The number of alkyl halides is 3. The van der Waals surface area contributed by atoms with Crippen molar-refractivity contribution in [2.75, 3.05) is 19.7 Å². The maximum absolute atomic E-state index is 15.7. The number of pyridine rings is 1. The van der Waals surface area contributed by atoms with Gasteiger partial charge in [-0.1, -0.05) is 0 Å². The van der Waals surface area contributed by atoms with Gasteiger partial charge in [0.15, 0.2) is 5.82 Å². The fourth-order valence-corrected chi connectivity index (χ4v) is 5.36. The van der Waals surface area contributed by atoms with Crippen LogP contribution >= 0.6 is 0 Å². The van der Waals surface area contributed by atoms with Crippen LogP contribution in [0.4, 0.5) is 17.6 Å². The third kappa shape index (κ3) is 3.29. The molecule has 11 heteroatoms. The van der Waals surface area contributed by atoms with Crippen LogP contribution in [0.15, 0.2) is 30.7 Å². The lowest BCUT2D eigenvalue weighted by atomic mass is 9.95. The van der Waals surface area contributed by atoms with Gasteiger partial charge in [0, 0.05) is 28.7 Å². The van der Waals surface area contributed by atoms with Gasteiger partial charge in [0.05, 0.1) is 22.8 Å². The lowest BCUT2D eigenvalue weighted by Crippen LogP contribution is -2.43. The molecule has 176 valence electrons. The van der Waals surface area contributed by atoms with Crippen LogP contribution in [-0.4, -0.2) is 55.3 Å². The fraction of sp³-hybridized carbons (Fsp3) is 0.391. The van der Waals surface area contributed by atoms with E-state index in [1.54, 1.807) is 0 Å². The van der Waals surface area contributed by atoms with Crippen LogP contribution in [0.5, 0.6) is 6.01 Å². The molecule has 0 saturated carbocycles. The van der Waals surface area contributed by atoms with E-state index in [2.05, 4.69) is 30.0 Å². The molecular weight excluding hydrogens is 452 g/mol. The van der Waals surface area contributed by atoms with Crippen LogP contribution in [0.25, 0.3) is 33.1 Å². The van der Waals surface area contributed by atoms with Crippen molar-refractivity contribution in [2.45, 2.75) is 37.4 Å². The molecule has 0 amide bonds. The number of aromatic amines is 1. The second kappa shape index (κ2) is 7.59. The van der Waals surface area contributed by atoms with E-state index < -0.39 is 23.3 Å². The molecule has 0 bridgehead atoms. The predicted molar refractivity (Wildman–Crippen MR) is 116 cm³/mol. The number of H-pyrrole nitrogens is 1. The summed E-state index contributed by atoms with van der Waals surface area (Å²) >= 11 is 0. The van der Waals surface area contributed by atoms with Gasteiger partial charge in [0.25, 0.3) is 0 Å². The Hall–Kier alpha value is -3.34. The Balaban J connectivity index is 1.42. The zero-order valence-electron chi connectivity index (χ0n) is 18.0. The standard InChI is InChI=1S/C23H20F4N6O/c24-18-19-13(10-29-21(31-19)34-12-22-5-1-7-33(22)8-2-6-22)9-28-20(18)17-14-11-30-32-16(14)4-3-15(17)23(25,26)27/h3-4,9-11H,1-2,5-8,12H2,(H,30,32). The number of ether oxygens (including phenoxy) is 1. The third-order valence-electron chi connectivity index (χ3n) is 6.99. The molecule has 0 radical (unpaired) electrons. The first-order valence-electron chi connectivity index (χ1n) is 11.1. The zero-order valence-corrected chi connectivity index (χ0v) is 18.0. The van der Waals surface area contributed by atoms with Gasteiger partial charge in [-0.2, -0.15) is 23.3 Å². The van der Waals surface area contributed by atoms with E-state index in [-0.39, 0.29) is 33.4 Å². The topological polar surface area (TPSA) is 79.8 Å². The van der Waals surface area contributed by atoms with Gasteiger partial charge in [-0.05, 0) is 50.9 Å². The smallest absolute Gasteiger partial charge is 0.417 e. The van der Waals surface area contributed by atoms with Gasteiger partial charge < -0.3 is 4.74 Å². The molecule has 3 aromatic heterocycles. The van der Waals surface area contributed by atoms with Crippen molar-refractivity contribution in [3.8, 4) is 17.3 Å². The first-order valence-corrected chi connectivity index (χ1v) is 11.1. The summed E-state index contributed by atoms with van der Waals surface area (Å²) in [4.78, 5) is 14.8. The summed E-state index contributed by atoms with van der Waals surface area (Å²) in [6.45, 7) is 2.46. The fourth-order valence-electron chi connectivity index (χ4n) is 5.36. The molecule has 4 aromatic rings. The van der Waals surface area contributed by atoms with Gasteiger partial charge in [-0.25, -0.2) is 9.37 Å². The first kappa shape index (κ1) is 21.2. The number of nitrogens with one attached hydrogen (secondary N) is 1. The molecule has 2 saturated heterocycles. The first-order chi connectivity index (χ1) is 16.4. The number of fused-ring (bicyclic) bond motifs is 3. The molecule has 7 nitrogen and oxygen atoms in total. The van der Waals surface area contributed by atoms with Gasteiger partial charge in [-0.15, -0.1) is 0 Å². The molecule has 5 heterocycles. The predicted octanol–water partition coefficient (Wildman–Crippen LogP) is 4.73. The van der Waals surface area contributed by atoms with Crippen molar-refractivity contribution in [3.63, 3.8) is 0 Å². The lowest BCUT2D eigenvalue weighted by molar-refractivity contribution is -0.137. The molecule has 34 heavy (non-hydrogen) atoms. The Morgan fingerprint density at radius 2 is 1.82 bits per heavy atom. The second-order valence-corrected chi connectivity index (χ2v) is 8.90. The number of halogens is 4. The molecule has 6 rings (SSSR count). The van der Waals surface area contributed by atoms with E-state index in [4.69, 9.17) is 4.74 Å². The summed E-state index contributed by atoms with van der Waals surface area (Å²) in [5.74, 6) is -0.967. The number of nitrogens with zero attached hydrogens (tertiary/aromatic N) is 5. The molecule has 2 aliphatic rings. The van der Waals surface area contributed by atoms with Gasteiger partial charge in [0.2, 0.25) is 0 Å². The number of aromatic nitrogens is 5. The Kier molecular flexibility index (Phi) is 4.73. The molecule has 1 aromatic carbocycles. The molecule has 0 spiro atoms. The monoisotopic (exact) mass is 472 g/mol. The summed E-state index contributed by atoms with van der Waals surface area (Å²) in [7, 11) is 0. The minimum Gasteiger partial charge on any atom is -0.461 e. The number of hydrogen-bond acceptors (Lipinski definition) is 6. The summed E-state index contributed by atoms with van der Waals surface area (Å²) in [6, 6.07) is 2.15. The van der Waals surface area contributed by atoms with Gasteiger partial charge in [-0.3, -0.25) is 15.0 Å². The Labute approximate surface area is 191 Å². The van der Waals surface area contributed by atoms with Crippen molar-refractivity contribution < 1.29 is 22.3 Å². The molecule has 2 fully saturated rings. The zero-order chi connectivity index (χ0) is 23.5. The molecular formula is C23H20F4N6O. The van der Waals surface area contributed by atoms with E-state index in [1.165, 1.54) is 24.7 Å². The van der Waals surface area contributed by atoms with Crippen LogP contribution < -0.4 is 4.74 Å². The van der Waals surface area contributed by atoms with E-state index in [9.17, 15) is 13.2 Å². The maximum atomic E-state index is 15.7. The van der Waals surface area contributed by atoms with Crippen molar-refractivity contribution in [1.29, 1.82) is 0 Å². The Bertz CT molecular complexity index is 1390. The number of benzene rings is 1. The second-order valence-electron chi connectivity index (χ2n) is 8.90. The van der Waals surface area contributed by atoms with E-state index in [1.807, 2.05) is 0 Å². The molecule has 2 aliphatic heterocycles. The van der Waals surface area contributed by atoms with Crippen LogP contribution in [0, 0.1) is 5.82 Å². The molecule has 0 unspecified atom stereocenters. The largest absolute Gasteiger partial charge is 0.461 e. The highest BCUT2D eigenvalue weighted by molar-refractivity contribution is 5.97. The summed E-state index contributed by atoms with van der Waals surface area (Å²) in [5, 5.41) is 6.82.